The Hall–Kier alpha value is -1.63. The summed E-state index contributed by atoms with van der Waals surface area (Å²) in [6.45, 7) is 10.3. The van der Waals surface area contributed by atoms with Gasteiger partial charge in [-0.05, 0) is 33.6 Å². The zero-order valence-corrected chi connectivity index (χ0v) is 13.3. The number of aromatic nitrogens is 3. The summed E-state index contributed by atoms with van der Waals surface area (Å²) in [4.78, 5) is 13.0. The van der Waals surface area contributed by atoms with E-state index < -0.39 is 0 Å². The fourth-order valence-electron chi connectivity index (χ4n) is 2.16. The van der Waals surface area contributed by atoms with Crippen LogP contribution in [-0.2, 0) is 4.74 Å². The molecule has 1 aromatic rings. The largest absolute Gasteiger partial charge is 0.463 e. The predicted molar refractivity (Wildman–Crippen MR) is 81.8 cm³/mol. The Morgan fingerprint density at radius 1 is 1.29 bits per heavy atom. The van der Waals surface area contributed by atoms with Crippen LogP contribution in [0.3, 0.4) is 0 Å². The Morgan fingerprint density at radius 2 is 2.05 bits per heavy atom. The first kappa shape index (κ1) is 15.8. The van der Waals surface area contributed by atoms with Crippen molar-refractivity contribution in [3.63, 3.8) is 0 Å². The SMILES string of the molecule is CCCOc1nc(NCC)nc(NC2(C)CCOC2C)n1. The van der Waals surface area contributed by atoms with Gasteiger partial charge in [0.25, 0.3) is 0 Å². The number of ether oxygens (including phenoxy) is 2. The molecule has 2 atom stereocenters. The van der Waals surface area contributed by atoms with E-state index in [1.165, 1.54) is 0 Å². The van der Waals surface area contributed by atoms with E-state index in [0.717, 1.165) is 26.0 Å². The smallest absolute Gasteiger partial charge is 0.323 e. The van der Waals surface area contributed by atoms with Crippen molar-refractivity contribution in [3.05, 3.63) is 0 Å². The van der Waals surface area contributed by atoms with Crippen molar-refractivity contribution < 1.29 is 9.47 Å². The monoisotopic (exact) mass is 295 g/mol. The fourth-order valence-corrected chi connectivity index (χ4v) is 2.16. The van der Waals surface area contributed by atoms with Crippen LogP contribution in [0.1, 0.15) is 40.5 Å². The van der Waals surface area contributed by atoms with Crippen LogP contribution in [0.5, 0.6) is 6.01 Å². The maximum absolute atomic E-state index is 5.63. The third-order valence-corrected chi connectivity index (χ3v) is 3.67. The van der Waals surface area contributed by atoms with Crippen molar-refractivity contribution in [2.45, 2.75) is 52.2 Å². The number of rotatable bonds is 7. The highest BCUT2D eigenvalue weighted by Gasteiger charge is 2.37. The van der Waals surface area contributed by atoms with Gasteiger partial charge < -0.3 is 20.1 Å². The van der Waals surface area contributed by atoms with Crippen molar-refractivity contribution in [2.24, 2.45) is 0 Å². The maximum Gasteiger partial charge on any atom is 0.323 e. The Balaban J connectivity index is 2.18. The van der Waals surface area contributed by atoms with Crippen molar-refractivity contribution in [1.29, 1.82) is 0 Å². The van der Waals surface area contributed by atoms with E-state index in [1.807, 2.05) is 13.8 Å². The highest BCUT2D eigenvalue weighted by Crippen LogP contribution is 2.28. The van der Waals surface area contributed by atoms with Crippen LogP contribution >= 0.6 is 0 Å². The summed E-state index contributed by atoms with van der Waals surface area (Å²) in [6, 6.07) is 0.348. The summed E-state index contributed by atoms with van der Waals surface area (Å²) in [5, 5.41) is 6.48. The number of anilines is 2. The van der Waals surface area contributed by atoms with Gasteiger partial charge in [0.05, 0.1) is 18.2 Å². The molecule has 7 nitrogen and oxygen atoms in total. The predicted octanol–water partition coefficient (Wildman–Crippen LogP) is 2.07. The molecular formula is C14H25N5O2. The minimum Gasteiger partial charge on any atom is -0.463 e. The van der Waals surface area contributed by atoms with Gasteiger partial charge in [0.2, 0.25) is 11.9 Å². The zero-order valence-electron chi connectivity index (χ0n) is 13.3. The number of nitrogens with zero attached hydrogens (tertiary/aromatic N) is 3. The summed E-state index contributed by atoms with van der Waals surface area (Å²) in [7, 11) is 0. The summed E-state index contributed by atoms with van der Waals surface area (Å²) in [5.41, 5.74) is -0.174. The quantitative estimate of drug-likeness (QED) is 0.797. The van der Waals surface area contributed by atoms with Crippen LogP contribution in [0.4, 0.5) is 11.9 Å². The van der Waals surface area contributed by atoms with Gasteiger partial charge in [-0.15, -0.1) is 0 Å². The van der Waals surface area contributed by atoms with Gasteiger partial charge in [-0.2, -0.15) is 15.0 Å². The molecule has 0 aliphatic carbocycles. The van der Waals surface area contributed by atoms with Gasteiger partial charge in [0, 0.05) is 13.2 Å². The van der Waals surface area contributed by atoms with E-state index in [-0.39, 0.29) is 11.6 Å². The van der Waals surface area contributed by atoms with Crippen molar-refractivity contribution in [1.82, 2.24) is 15.0 Å². The molecule has 1 aliphatic rings. The average molecular weight is 295 g/mol. The van der Waals surface area contributed by atoms with Crippen LogP contribution in [0.15, 0.2) is 0 Å². The standard InChI is InChI=1S/C14H25N5O2/c1-5-8-21-13-17-11(15-6-2)16-12(18-13)19-14(4)7-9-20-10(14)3/h10H,5-9H2,1-4H3,(H2,15,16,17,18,19). The van der Waals surface area contributed by atoms with Gasteiger partial charge in [0.15, 0.2) is 0 Å². The number of hydrogen-bond acceptors (Lipinski definition) is 7. The molecule has 0 spiro atoms. The topological polar surface area (TPSA) is 81.2 Å². The molecule has 118 valence electrons. The number of nitrogens with one attached hydrogen (secondary N) is 2. The van der Waals surface area contributed by atoms with E-state index in [2.05, 4.69) is 39.4 Å². The third kappa shape index (κ3) is 3.93. The zero-order chi connectivity index (χ0) is 15.3. The lowest BCUT2D eigenvalue weighted by Gasteiger charge is -2.28. The van der Waals surface area contributed by atoms with Crippen LogP contribution in [0.25, 0.3) is 0 Å². The van der Waals surface area contributed by atoms with Crippen LogP contribution < -0.4 is 15.4 Å². The van der Waals surface area contributed by atoms with Crippen LogP contribution in [0, 0.1) is 0 Å². The Labute approximate surface area is 125 Å². The lowest BCUT2D eigenvalue weighted by Crippen LogP contribution is -2.41. The molecule has 0 radical (unpaired) electrons. The van der Waals surface area contributed by atoms with Crippen LogP contribution in [0.2, 0.25) is 0 Å². The van der Waals surface area contributed by atoms with Gasteiger partial charge in [0.1, 0.15) is 0 Å². The molecule has 0 aromatic carbocycles. The summed E-state index contributed by atoms with van der Waals surface area (Å²) in [6.07, 6.45) is 1.94. The highest BCUT2D eigenvalue weighted by molar-refractivity contribution is 5.38. The van der Waals surface area contributed by atoms with E-state index in [9.17, 15) is 0 Å². The maximum atomic E-state index is 5.63. The average Bonchev–Trinajstić information content (AvgIpc) is 2.76. The van der Waals surface area contributed by atoms with E-state index >= 15 is 0 Å². The highest BCUT2D eigenvalue weighted by atomic mass is 16.5. The van der Waals surface area contributed by atoms with E-state index in [4.69, 9.17) is 9.47 Å². The molecule has 21 heavy (non-hydrogen) atoms. The second kappa shape index (κ2) is 6.89. The summed E-state index contributed by atoms with van der Waals surface area (Å²) in [5.74, 6) is 1.04. The van der Waals surface area contributed by atoms with Gasteiger partial charge in [-0.25, -0.2) is 0 Å². The molecular weight excluding hydrogens is 270 g/mol. The molecule has 2 rings (SSSR count). The molecule has 2 N–H and O–H groups in total. The first-order valence-electron chi connectivity index (χ1n) is 7.60. The van der Waals surface area contributed by atoms with E-state index in [1.54, 1.807) is 0 Å². The Morgan fingerprint density at radius 3 is 2.67 bits per heavy atom. The molecule has 1 fully saturated rings. The molecule has 2 unspecified atom stereocenters. The summed E-state index contributed by atoms with van der Waals surface area (Å²) >= 11 is 0. The lowest BCUT2D eigenvalue weighted by molar-refractivity contribution is 0.105. The van der Waals surface area contributed by atoms with Crippen molar-refractivity contribution in [2.75, 3.05) is 30.4 Å². The molecule has 0 saturated carbocycles. The lowest BCUT2D eigenvalue weighted by atomic mass is 9.95. The Kier molecular flexibility index (Phi) is 5.17. The molecule has 0 bridgehead atoms. The van der Waals surface area contributed by atoms with Crippen LogP contribution in [-0.4, -0.2) is 46.4 Å². The Bertz CT molecular complexity index is 471. The minimum atomic E-state index is -0.174. The minimum absolute atomic E-state index is 0.108. The van der Waals surface area contributed by atoms with Crippen molar-refractivity contribution >= 4 is 11.9 Å². The molecule has 1 saturated heterocycles. The molecule has 2 heterocycles. The summed E-state index contributed by atoms with van der Waals surface area (Å²) < 4.78 is 11.2. The first-order valence-corrected chi connectivity index (χ1v) is 7.60. The van der Waals surface area contributed by atoms with Crippen molar-refractivity contribution in [3.8, 4) is 6.01 Å². The molecule has 0 amide bonds. The normalized spacial score (nSPS) is 24.9. The van der Waals surface area contributed by atoms with Gasteiger partial charge in [-0.3, -0.25) is 0 Å². The van der Waals surface area contributed by atoms with E-state index in [0.29, 0.717) is 24.5 Å². The molecule has 1 aromatic heterocycles. The number of hydrogen-bond donors (Lipinski definition) is 2. The third-order valence-electron chi connectivity index (χ3n) is 3.67. The second-order valence-corrected chi connectivity index (χ2v) is 5.45. The second-order valence-electron chi connectivity index (χ2n) is 5.45. The fraction of sp³-hybridized carbons (Fsp3) is 0.786. The molecule has 1 aliphatic heterocycles. The van der Waals surface area contributed by atoms with Gasteiger partial charge >= 0.3 is 6.01 Å². The molecule has 7 heteroatoms. The first-order chi connectivity index (χ1) is 10.1. The van der Waals surface area contributed by atoms with Gasteiger partial charge in [-0.1, -0.05) is 6.92 Å².